The van der Waals surface area contributed by atoms with E-state index in [1.54, 1.807) is 0 Å². The third kappa shape index (κ3) is 8.65. The Morgan fingerprint density at radius 2 is 1.35 bits per heavy atom. The van der Waals surface area contributed by atoms with Crippen LogP contribution in [0.4, 0.5) is 0 Å². The van der Waals surface area contributed by atoms with Gasteiger partial charge in [-0.15, -0.1) is 0 Å². The molecule has 0 aromatic carbocycles. The second kappa shape index (κ2) is 8.13. The molecule has 1 saturated carbocycles. The fourth-order valence-electron chi connectivity index (χ4n) is 2.68. The van der Waals surface area contributed by atoms with Crippen molar-refractivity contribution in [3.8, 4) is 0 Å². The lowest BCUT2D eigenvalue weighted by Crippen LogP contribution is -2.17. The molecule has 1 aliphatic rings. The molecule has 1 fully saturated rings. The first kappa shape index (κ1) is 15.0. The number of hydrogen-bond donors (Lipinski definition) is 0. The van der Waals surface area contributed by atoms with E-state index in [1.807, 2.05) is 0 Å². The average molecular weight is 253 g/mol. The lowest BCUT2D eigenvalue weighted by atomic mass is 9.93. The van der Waals surface area contributed by atoms with Crippen LogP contribution in [0.5, 0.6) is 0 Å². The maximum Gasteiger partial charge on any atom is 0.0480 e. The molecule has 0 bridgehead atoms. The molecule has 1 heteroatoms. The van der Waals surface area contributed by atoms with E-state index >= 15 is 0 Å². The summed E-state index contributed by atoms with van der Waals surface area (Å²) in [4.78, 5) is 0. The molecule has 0 aromatic heterocycles. The van der Waals surface area contributed by atoms with Crippen molar-refractivity contribution >= 4 is 8.07 Å². The Morgan fingerprint density at radius 3 is 1.88 bits per heavy atom. The first-order valence-corrected chi connectivity index (χ1v) is 11.4. The Balaban J connectivity index is 2.23. The molecule has 0 saturated heterocycles. The van der Waals surface area contributed by atoms with Crippen molar-refractivity contribution in [3.63, 3.8) is 0 Å². The van der Waals surface area contributed by atoms with Crippen LogP contribution in [0.25, 0.3) is 0 Å². The largest absolute Gasteiger partial charge is 0.0912 e. The van der Waals surface area contributed by atoms with E-state index in [-0.39, 0.29) is 0 Å². The van der Waals surface area contributed by atoms with Crippen molar-refractivity contribution in [1.82, 2.24) is 0 Å². The zero-order chi connectivity index (χ0) is 12.6. The van der Waals surface area contributed by atoms with Crippen molar-refractivity contribution in [3.05, 3.63) is 12.2 Å². The number of allylic oxidation sites excluding steroid dienone is 2. The highest BCUT2D eigenvalue weighted by atomic mass is 28.3. The van der Waals surface area contributed by atoms with E-state index in [0.717, 1.165) is 5.92 Å². The summed E-state index contributed by atoms with van der Waals surface area (Å²) in [6, 6.07) is 1.36. The summed E-state index contributed by atoms with van der Waals surface area (Å²) >= 11 is 0. The van der Waals surface area contributed by atoms with Crippen LogP contribution in [0.2, 0.25) is 25.7 Å². The molecule has 0 aliphatic heterocycles. The highest BCUT2D eigenvalue weighted by Gasteiger charge is 2.11. The van der Waals surface area contributed by atoms with Crippen LogP contribution in [0, 0.1) is 5.92 Å². The molecule has 0 spiro atoms. The number of hydrogen-bond acceptors (Lipinski definition) is 0. The van der Waals surface area contributed by atoms with Crippen molar-refractivity contribution in [2.24, 2.45) is 5.92 Å². The summed E-state index contributed by atoms with van der Waals surface area (Å²) in [7, 11) is -0.857. The highest BCUT2D eigenvalue weighted by molar-refractivity contribution is 6.76. The van der Waals surface area contributed by atoms with Gasteiger partial charge in [-0.05, 0) is 18.4 Å². The van der Waals surface area contributed by atoms with Crippen LogP contribution >= 0.6 is 0 Å². The van der Waals surface area contributed by atoms with Gasteiger partial charge in [-0.1, -0.05) is 83.2 Å². The molecule has 0 amide bonds. The molecule has 0 unspecified atom stereocenters. The van der Waals surface area contributed by atoms with Crippen LogP contribution < -0.4 is 0 Å². The van der Waals surface area contributed by atoms with Gasteiger partial charge in [0.05, 0.1) is 0 Å². The molecule has 0 atom stereocenters. The van der Waals surface area contributed by atoms with Gasteiger partial charge in [0.15, 0.2) is 0 Å². The Kier molecular flexibility index (Phi) is 7.18. The standard InChI is InChI=1S/C16H32Si/c1-17(2,3)15-11-10-14-16-12-8-6-4-5-7-9-13-16/h10-11,16H,4-9,12-15H2,1-3H3. The minimum atomic E-state index is -0.857. The second-order valence-corrected chi connectivity index (χ2v) is 12.6. The van der Waals surface area contributed by atoms with Crippen LogP contribution in [-0.4, -0.2) is 8.07 Å². The highest BCUT2D eigenvalue weighted by Crippen LogP contribution is 2.24. The third-order valence-corrected chi connectivity index (χ3v) is 5.30. The second-order valence-electron chi connectivity index (χ2n) is 7.04. The van der Waals surface area contributed by atoms with Crippen LogP contribution in [0.3, 0.4) is 0 Å². The van der Waals surface area contributed by atoms with Crippen molar-refractivity contribution in [2.75, 3.05) is 0 Å². The van der Waals surface area contributed by atoms with Crippen molar-refractivity contribution < 1.29 is 0 Å². The van der Waals surface area contributed by atoms with Crippen molar-refractivity contribution in [1.29, 1.82) is 0 Å². The Hall–Kier alpha value is -0.0431. The van der Waals surface area contributed by atoms with E-state index in [0.29, 0.717) is 0 Å². The van der Waals surface area contributed by atoms with Gasteiger partial charge in [0, 0.05) is 8.07 Å². The molecule has 0 heterocycles. The van der Waals surface area contributed by atoms with Crippen molar-refractivity contribution in [2.45, 2.75) is 83.5 Å². The molecule has 0 N–H and O–H groups in total. The smallest absolute Gasteiger partial charge is 0.0480 e. The Bertz CT molecular complexity index is 202. The quantitative estimate of drug-likeness (QED) is 0.424. The molecule has 17 heavy (non-hydrogen) atoms. The fraction of sp³-hybridized carbons (Fsp3) is 0.875. The first-order chi connectivity index (χ1) is 8.08. The van der Waals surface area contributed by atoms with Gasteiger partial charge in [-0.25, -0.2) is 0 Å². The average Bonchev–Trinajstić information content (AvgIpc) is 2.36. The molecule has 0 radical (unpaired) electrons. The van der Waals surface area contributed by atoms with Gasteiger partial charge in [0.25, 0.3) is 0 Å². The SMILES string of the molecule is C[Si](C)(C)CC=CCC1CCCCCCCC1. The zero-order valence-electron chi connectivity index (χ0n) is 12.3. The summed E-state index contributed by atoms with van der Waals surface area (Å²) in [5.74, 6) is 0.992. The summed E-state index contributed by atoms with van der Waals surface area (Å²) in [5, 5.41) is 0. The predicted octanol–water partition coefficient (Wildman–Crippen LogP) is 6.02. The predicted molar refractivity (Wildman–Crippen MR) is 82.3 cm³/mol. The van der Waals surface area contributed by atoms with Crippen LogP contribution in [0.1, 0.15) is 57.8 Å². The monoisotopic (exact) mass is 252 g/mol. The maximum absolute atomic E-state index is 2.49. The van der Waals surface area contributed by atoms with E-state index in [4.69, 9.17) is 0 Å². The third-order valence-electron chi connectivity index (χ3n) is 3.84. The molecular formula is C16H32Si. The minimum absolute atomic E-state index is 0.857. The van der Waals surface area contributed by atoms with E-state index in [1.165, 1.54) is 63.8 Å². The maximum atomic E-state index is 2.49. The van der Waals surface area contributed by atoms with Gasteiger partial charge in [-0.3, -0.25) is 0 Å². The van der Waals surface area contributed by atoms with Crippen LogP contribution in [0.15, 0.2) is 12.2 Å². The van der Waals surface area contributed by atoms with E-state index in [2.05, 4.69) is 31.8 Å². The van der Waals surface area contributed by atoms with E-state index < -0.39 is 8.07 Å². The normalized spacial score (nSPS) is 21.1. The minimum Gasteiger partial charge on any atom is -0.0912 e. The topological polar surface area (TPSA) is 0 Å². The van der Waals surface area contributed by atoms with Gasteiger partial charge < -0.3 is 0 Å². The van der Waals surface area contributed by atoms with Gasteiger partial charge in [0.1, 0.15) is 0 Å². The van der Waals surface area contributed by atoms with Gasteiger partial charge >= 0.3 is 0 Å². The lowest BCUT2D eigenvalue weighted by molar-refractivity contribution is 0.432. The lowest BCUT2D eigenvalue weighted by Gasteiger charge is -2.14. The van der Waals surface area contributed by atoms with Gasteiger partial charge in [-0.2, -0.15) is 0 Å². The first-order valence-electron chi connectivity index (χ1n) is 7.73. The zero-order valence-corrected chi connectivity index (χ0v) is 13.3. The van der Waals surface area contributed by atoms with Crippen LogP contribution in [-0.2, 0) is 0 Å². The fourth-order valence-corrected chi connectivity index (χ4v) is 3.55. The molecular weight excluding hydrogens is 220 g/mol. The van der Waals surface area contributed by atoms with Gasteiger partial charge in [0.2, 0.25) is 0 Å². The number of rotatable bonds is 4. The molecule has 1 aliphatic carbocycles. The molecule has 1 rings (SSSR count). The summed E-state index contributed by atoms with van der Waals surface area (Å²) < 4.78 is 0. The molecule has 0 nitrogen and oxygen atoms in total. The Morgan fingerprint density at radius 1 is 0.824 bits per heavy atom. The Labute approximate surface area is 110 Å². The molecule has 0 aromatic rings. The van der Waals surface area contributed by atoms with E-state index in [9.17, 15) is 0 Å². The molecule has 100 valence electrons. The summed E-state index contributed by atoms with van der Waals surface area (Å²) in [6.45, 7) is 7.37. The summed E-state index contributed by atoms with van der Waals surface area (Å²) in [6.07, 6.45) is 18.2. The summed E-state index contributed by atoms with van der Waals surface area (Å²) in [5.41, 5.74) is 0.